The van der Waals surface area contributed by atoms with Crippen molar-refractivity contribution in [2.75, 3.05) is 18.6 Å². The molecule has 0 aromatic heterocycles. The van der Waals surface area contributed by atoms with Crippen molar-refractivity contribution in [2.45, 2.75) is 18.9 Å². The van der Waals surface area contributed by atoms with Gasteiger partial charge in [0.25, 0.3) is 0 Å². The van der Waals surface area contributed by atoms with Gasteiger partial charge in [0.1, 0.15) is 0 Å². The maximum atomic E-state index is 12.2. The Bertz CT molecular complexity index is 548. The largest absolute Gasteiger partial charge is 0.335 e. The summed E-state index contributed by atoms with van der Waals surface area (Å²) in [7, 11) is 0. The van der Waals surface area contributed by atoms with Gasteiger partial charge in [-0.15, -0.1) is 0 Å². The molecule has 1 aromatic carbocycles. The molecule has 1 saturated heterocycles. The normalized spacial score (nSPS) is 18.4. The third-order valence-corrected chi connectivity index (χ3v) is 4.17. The minimum atomic E-state index is 0.0731. The number of thioether (sulfide) groups is 1. The standard InChI is InChI=1S/C16H18N2OS/c1-20-12-15-6-3-9-18(15)16(19)8-7-13-4-2-5-14(10-13)11-17/h2,4-5,7-8,10,15H,3,6,9,12H2,1H3/b8-7+. The van der Waals surface area contributed by atoms with Crippen LogP contribution in [0.3, 0.4) is 0 Å². The van der Waals surface area contributed by atoms with Gasteiger partial charge in [0.05, 0.1) is 11.6 Å². The monoisotopic (exact) mass is 286 g/mol. The van der Waals surface area contributed by atoms with E-state index in [1.807, 2.05) is 17.0 Å². The second kappa shape index (κ2) is 7.16. The van der Waals surface area contributed by atoms with Crippen LogP contribution in [0.5, 0.6) is 0 Å². The van der Waals surface area contributed by atoms with E-state index in [1.165, 1.54) is 0 Å². The van der Waals surface area contributed by atoms with Crippen molar-refractivity contribution >= 4 is 23.7 Å². The number of likely N-dealkylation sites (tertiary alicyclic amines) is 1. The summed E-state index contributed by atoms with van der Waals surface area (Å²) in [6.45, 7) is 0.854. The second-order valence-electron chi connectivity index (χ2n) is 4.85. The van der Waals surface area contributed by atoms with Gasteiger partial charge < -0.3 is 4.90 Å². The topological polar surface area (TPSA) is 44.1 Å². The SMILES string of the molecule is CSCC1CCCN1C(=O)/C=C/c1cccc(C#N)c1. The molecule has 1 aliphatic rings. The summed E-state index contributed by atoms with van der Waals surface area (Å²) >= 11 is 1.79. The lowest BCUT2D eigenvalue weighted by molar-refractivity contribution is -0.126. The molecular weight excluding hydrogens is 268 g/mol. The first-order valence-corrected chi connectivity index (χ1v) is 8.12. The molecule has 0 spiro atoms. The van der Waals surface area contributed by atoms with E-state index in [2.05, 4.69) is 12.3 Å². The van der Waals surface area contributed by atoms with Gasteiger partial charge in [-0.2, -0.15) is 17.0 Å². The van der Waals surface area contributed by atoms with E-state index in [0.717, 1.165) is 30.7 Å². The fourth-order valence-electron chi connectivity index (χ4n) is 2.47. The highest BCUT2D eigenvalue weighted by Crippen LogP contribution is 2.20. The molecule has 20 heavy (non-hydrogen) atoms. The van der Waals surface area contributed by atoms with Crippen molar-refractivity contribution in [3.05, 3.63) is 41.5 Å². The summed E-state index contributed by atoms with van der Waals surface area (Å²) in [5.41, 5.74) is 1.50. The highest BCUT2D eigenvalue weighted by Gasteiger charge is 2.26. The van der Waals surface area contributed by atoms with E-state index in [1.54, 1.807) is 36.0 Å². The third-order valence-electron chi connectivity index (χ3n) is 3.45. The maximum Gasteiger partial charge on any atom is 0.246 e. The Kier molecular flexibility index (Phi) is 5.25. The molecule has 0 bridgehead atoms. The van der Waals surface area contributed by atoms with Crippen molar-refractivity contribution in [1.29, 1.82) is 5.26 Å². The van der Waals surface area contributed by atoms with Crippen LogP contribution in [-0.2, 0) is 4.79 Å². The molecule has 1 heterocycles. The number of amides is 1. The van der Waals surface area contributed by atoms with Crippen molar-refractivity contribution in [3.63, 3.8) is 0 Å². The molecule has 3 nitrogen and oxygen atoms in total. The molecule has 1 aliphatic heterocycles. The number of nitriles is 1. The summed E-state index contributed by atoms with van der Waals surface area (Å²) in [6, 6.07) is 9.74. The Balaban J connectivity index is 2.03. The van der Waals surface area contributed by atoms with Crippen LogP contribution in [0, 0.1) is 11.3 Å². The molecular formula is C16H18N2OS. The average Bonchev–Trinajstić information content (AvgIpc) is 2.94. The Morgan fingerprint density at radius 3 is 3.20 bits per heavy atom. The Hall–Kier alpha value is -1.73. The lowest BCUT2D eigenvalue weighted by Gasteiger charge is -2.22. The smallest absolute Gasteiger partial charge is 0.246 e. The van der Waals surface area contributed by atoms with Gasteiger partial charge in [-0.1, -0.05) is 12.1 Å². The average molecular weight is 286 g/mol. The van der Waals surface area contributed by atoms with E-state index in [-0.39, 0.29) is 5.91 Å². The molecule has 0 radical (unpaired) electrons. The van der Waals surface area contributed by atoms with Gasteiger partial charge in [-0.25, -0.2) is 0 Å². The van der Waals surface area contributed by atoms with Crippen LogP contribution in [0.25, 0.3) is 6.08 Å². The Labute approximate surface area is 124 Å². The molecule has 1 fully saturated rings. The van der Waals surface area contributed by atoms with Crippen LogP contribution in [-0.4, -0.2) is 35.4 Å². The zero-order valence-electron chi connectivity index (χ0n) is 11.6. The van der Waals surface area contributed by atoms with Crippen molar-refractivity contribution in [2.24, 2.45) is 0 Å². The van der Waals surface area contributed by atoms with Gasteiger partial charge in [0.2, 0.25) is 5.91 Å². The Morgan fingerprint density at radius 1 is 1.60 bits per heavy atom. The lowest BCUT2D eigenvalue weighted by atomic mass is 10.1. The first-order valence-electron chi connectivity index (χ1n) is 6.72. The minimum absolute atomic E-state index is 0.0731. The number of carbonyl (C=O) groups excluding carboxylic acids is 1. The summed E-state index contributed by atoms with van der Waals surface area (Å²) in [6.07, 6.45) is 7.68. The van der Waals surface area contributed by atoms with Crippen LogP contribution in [0.1, 0.15) is 24.0 Å². The molecule has 0 aliphatic carbocycles. The highest BCUT2D eigenvalue weighted by molar-refractivity contribution is 7.98. The van der Waals surface area contributed by atoms with Crippen LogP contribution in [0.15, 0.2) is 30.3 Å². The van der Waals surface area contributed by atoms with E-state index < -0.39 is 0 Å². The van der Waals surface area contributed by atoms with Gasteiger partial charge >= 0.3 is 0 Å². The van der Waals surface area contributed by atoms with Gasteiger partial charge in [0, 0.05) is 24.4 Å². The van der Waals surface area contributed by atoms with Gasteiger partial charge in [-0.3, -0.25) is 4.79 Å². The van der Waals surface area contributed by atoms with E-state index in [0.29, 0.717) is 11.6 Å². The zero-order chi connectivity index (χ0) is 14.4. The second-order valence-corrected chi connectivity index (χ2v) is 5.76. The number of benzene rings is 1. The van der Waals surface area contributed by atoms with Crippen molar-refractivity contribution < 1.29 is 4.79 Å². The summed E-state index contributed by atoms with van der Waals surface area (Å²) in [5, 5.41) is 8.85. The van der Waals surface area contributed by atoms with Crippen LogP contribution in [0.2, 0.25) is 0 Å². The van der Waals surface area contributed by atoms with E-state index in [4.69, 9.17) is 5.26 Å². The summed E-state index contributed by atoms with van der Waals surface area (Å²) < 4.78 is 0. The van der Waals surface area contributed by atoms with Crippen molar-refractivity contribution in [1.82, 2.24) is 4.90 Å². The fourth-order valence-corrected chi connectivity index (χ4v) is 3.20. The minimum Gasteiger partial charge on any atom is -0.335 e. The number of hydrogen-bond acceptors (Lipinski definition) is 3. The number of hydrogen-bond donors (Lipinski definition) is 0. The van der Waals surface area contributed by atoms with Gasteiger partial charge in [0.15, 0.2) is 0 Å². The zero-order valence-corrected chi connectivity index (χ0v) is 12.4. The quantitative estimate of drug-likeness (QED) is 0.799. The molecule has 1 atom stereocenters. The van der Waals surface area contributed by atoms with Crippen molar-refractivity contribution in [3.8, 4) is 6.07 Å². The molecule has 0 N–H and O–H groups in total. The van der Waals surface area contributed by atoms with Crippen LogP contribution < -0.4 is 0 Å². The Morgan fingerprint density at radius 2 is 2.45 bits per heavy atom. The fraction of sp³-hybridized carbons (Fsp3) is 0.375. The molecule has 2 rings (SSSR count). The van der Waals surface area contributed by atoms with E-state index in [9.17, 15) is 4.79 Å². The number of nitrogens with zero attached hydrogens (tertiary/aromatic N) is 2. The maximum absolute atomic E-state index is 12.2. The lowest BCUT2D eigenvalue weighted by Crippen LogP contribution is -2.35. The first kappa shape index (κ1) is 14.7. The predicted molar refractivity (Wildman–Crippen MR) is 83.3 cm³/mol. The summed E-state index contributed by atoms with van der Waals surface area (Å²) in [5.74, 6) is 1.08. The molecule has 4 heteroatoms. The molecule has 1 unspecified atom stereocenters. The highest BCUT2D eigenvalue weighted by atomic mass is 32.2. The number of carbonyl (C=O) groups is 1. The molecule has 104 valence electrons. The molecule has 1 aromatic rings. The van der Waals surface area contributed by atoms with Crippen LogP contribution >= 0.6 is 11.8 Å². The third kappa shape index (κ3) is 3.64. The van der Waals surface area contributed by atoms with Crippen LogP contribution in [0.4, 0.5) is 0 Å². The molecule has 0 saturated carbocycles. The van der Waals surface area contributed by atoms with E-state index >= 15 is 0 Å². The summed E-state index contributed by atoms with van der Waals surface area (Å²) in [4.78, 5) is 14.2. The number of rotatable bonds is 4. The molecule has 1 amide bonds. The van der Waals surface area contributed by atoms with Gasteiger partial charge in [-0.05, 0) is 42.9 Å². The predicted octanol–water partition coefficient (Wildman–Crippen LogP) is 2.93. The first-order chi connectivity index (χ1) is 9.74.